The third-order valence-electron chi connectivity index (χ3n) is 1.98. The Bertz CT molecular complexity index is 640. The summed E-state index contributed by atoms with van der Waals surface area (Å²) in [4.78, 5) is 27.3. The lowest BCUT2D eigenvalue weighted by Gasteiger charge is -2.07. The fraction of sp³-hybridized carbons (Fsp3) is 0. The number of hydrazine groups is 1. The second kappa shape index (κ2) is 4.08. The van der Waals surface area contributed by atoms with Gasteiger partial charge in [0.25, 0.3) is 0 Å². The van der Waals surface area contributed by atoms with Gasteiger partial charge in [-0.25, -0.2) is 19.4 Å². The summed E-state index contributed by atoms with van der Waals surface area (Å²) in [5.74, 6) is -0.511. The molecule has 2 aromatic rings. The quantitative estimate of drug-likeness (QED) is 0.575. The summed E-state index contributed by atoms with van der Waals surface area (Å²) >= 11 is 0. The second-order valence-corrected chi connectivity index (χ2v) is 3.14. The average Bonchev–Trinajstić information content (AvgIpc) is 2.24. The molecular weight excluding hydrogens is 231 g/mol. The van der Waals surface area contributed by atoms with Crippen molar-refractivity contribution < 1.29 is 14.3 Å². The second-order valence-electron chi connectivity index (χ2n) is 3.14. The van der Waals surface area contributed by atoms with E-state index >= 15 is 0 Å². The van der Waals surface area contributed by atoms with Crippen molar-refractivity contribution in [1.82, 2.24) is 15.4 Å². The van der Waals surface area contributed by atoms with Crippen LogP contribution in [0.25, 0.3) is 10.9 Å². The molecule has 0 unspecified atom stereocenters. The molecule has 17 heavy (non-hydrogen) atoms. The van der Waals surface area contributed by atoms with Gasteiger partial charge in [-0.1, -0.05) is 0 Å². The highest BCUT2D eigenvalue weighted by Crippen LogP contribution is 2.17. The van der Waals surface area contributed by atoms with Gasteiger partial charge in [0, 0.05) is 5.39 Å². The van der Waals surface area contributed by atoms with Crippen molar-refractivity contribution in [1.29, 1.82) is 0 Å². The molecule has 7 nitrogen and oxygen atoms in total. The molecule has 0 radical (unpaired) electrons. The zero-order valence-electron chi connectivity index (χ0n) is 8.32. The molecule has 0 bridgehead atoms. The molecule has 88 valence electrons. The minimum absolute atomic E-state index is 0.00569. The van der Waals surface area contributed by atoms with Crippen molar-refractivity contribution in [3.63, 3.8) is 0 Å². The van der Waals surface area contributed by atoms with Gasteiger partial charge in [0.15, 0.2) is 5.82 Å². The number of H-pyrrole nitrogens is 1. The molecule has 8 heteroatoms. The first-order valence-corrected chi connectivity index (χ1v) is 4.51. The monoisotopic (exact) mass is 238 g/mol. The van der Waals surface area contributed by atoms with Crippen LogP contribution in [-0.4, -0.2) is 21.2 Å². The molecule has 4 N–H and O–H groups in total. The number of halogens is 1. The molecule has 0 spiro atoms. The first-order chi connectivity index (χ1) is 8.06. The molecular formula is C9H7FN4O3. The van der Waals surface area contributed by atoms with Crippen LogP contribution in [0.2, 0.25) is 0 Å². The minimum Gasteiger partial charge on any atom is -0.464 e. The van der Waals surface area contributed by atoms with E-state index in [1.54, 1.807) is 0 Å². The molecule has 0 atom stereocenters. The van der Waals surface area contributed by atoms with Gasteiger partial charge < -0.3 is 10.1 Å². The van der Waals surface area contributed by atoms with Crippen LogP contribution < -0.4 is 16.5 Å². The third-order valence-corrected chi connectivity index (χ3v) is 1.98. The Hall–Kier alpha value is -2.64. The van der Waals surface area contributed by atoms with E-state index in [-0.39, 0.29) is 11.3 Å². The van der Waals surface area contributed by atoms with Gasteiger partial charge >= 0.3 is 11.8 Å². The van der Waals surface area contributed by atoms with Crippen LogP contribution >= 0.6 is 0 Å². The predicted molar refractivity (Wildman–Crippen MR) is 57.1 cm³/mol. The number of nitrogens with zero attached hydrogens (tertiary/aromatic N) is 1. The maximum Gasteiger partial charge on any atom is 0.423 e. The van der Waals surface area contributed by atoms with Gasteiger partial charge in [-0.3, -0.25) is 5.43 Å². The Labute approximate surface area is 93.3 Å². The Morgan fingerprint density at radius 1 is 1.47 bits per heavy atom. The van der Waals surface area contributed by atoms with Crippen LogP contribution in [0.1, 0.15) is 0 Å². The fourth-order valence-corrected chi connectivity index (χ4v) is 1.34. The lowest BCUT2D eigenvalue weighted by molar-refractivity contribution is 0.197. The zero-order chi connectivity index (χ0) is 12.4. The number of carboxylic acid groups (broad SMARTS) is 1. The summed E-state index contributed by atoms with van der Waals surface area (Å²) in [6, 6.07) is 3.66. The number of hydrogen-bond donors (Lipinski definition) is 4. The van der Waals surface area contributed by atoms with Gasteiger partial charge in [0.05, 0.1) is 5.52 Å². The number of anilines is 1. The van der Waals surface area contributed by atoms with Crippen LogP contribution in [0.4, 0.5) is 15.0 Å². The Balaban J connectivity index is 2.53. The molecule has 0 saturated carbocycles. The number of fused-ring (bicyclic) bond motifs is 1. The molecule has 1 aromatic carbocycles. The summed E-state index contributed by atoms with van der Waals surface area (Å²) in [6.45, 7) is 0. The van der Waals surface area contributed by atoms with E-state index in [9.17, 15) is 14.0 Å². The highest BCUT2D eigenvalue weighted by Gasteiger charge is 2.06. The van der Waals surface area contributed by atoms with E-state index in [0.717, 1.165) is 6.07 Å². The highest BCUT2D eigenvalue weighted by atomic mass is 19.1. The van der Waals surface area contributed by atoms with E-state index < -0.39 is 17.6 Å². The maximum atomic E-state index is 12.9. The minimum atomic E-state index is -1.33. The Kier molecular flexibility index (Phi) is 2.61. The number of aromatic amines is 1. The standard InChI is InChI=1S/C9H7FN4O3/c10-4-1-2-5-6(3-4)11-8(15)12-7(5)13-14-9(16)17/h1-3,14H,(H,16,17)(H2,11,12,13,15). The van der Waals surface area contributed by atoms with Crippen molar-refractivity contribution in [2.75, 3.05) is 5.43 Å². The van der Waals surface area contributed by atoms with Crippen LogP contribution in [0, 0.1) is 5.82 Å². The molecule has 0 aliphatic heterocycles. The summed E-state index contributed by atoms with van der Waals surface area (Å²) in [5, 5.41) is 8.80. The summed E-state index contributed by atoms with van der Waals surface area (Å²) < 4.78 is 12.9. The van der Waals surface area contributed by atoms with Gasteiger partial charge in [-0.15, -0.1) is 0 Å². The first-order valence-electron chi connectivity index (χ1n) is 4.51. The van der Waals surface area contributed by atoms with Crippen molar-refractivity contribution in [3.05, 3.63) is 34.5 Å². The Morgan fingerprint density at radius 3 is 2.94 bits per heavy atom. The normalized spacial score (nSPS) is 10.2. The topological polar surface area (TPSA) is 107 Å². The zero-order valence-corrected chi connectivity index (χ0v) is 8.32. The molecule has 0 aliphatic carbocycles. The van der Waals surface area contributed by atoms with Gasteiger partial charge in [-0.05, 0) is 18.2 Å². The SMILES string of the molecule is O=C(O)NNc1nc(=O)[nH]c2cc(F)ccc12. The van der Waals surface area contributed by atoms with Crippen LogP contribution in [0.15, 0.2) is 23.0 Å². The molecule has 0 aliphatic rings. The van der Waals surface area contributed by atoms with E-state index in [1.807, 2.05) is 5.43 Å². The number of carbonyl (C=O) groups is 1. The largest absolute Gasteiger partial charge is 0.464 e. The highest BCUT2D eigenvalue weighted by molar-refractivity contribution is 5.89. The lowest BCUT2D eigenvalue weighted by atomic mass is 10.2. The number of rotatable bonds is 2. The average molecular weight is 238 g/mol. The molecule has 1 heterocycles. The van der Waals surface area contributed by atoms with Crippen LogP contribution in [0.5, 0.6) is 0 Å². The third kappa shape index (κ3) is 2.30. The van der Waals surface area contributed by atoms with E-state index in [0.29, 0.717) is 5.39 Å². The molecule has 2 rings (SSSR count). The maximum absolute atomic E-state index is 12.9. The van der Waals surface area contributed by atoms with E-state index in [2.05, 4.69) is 15.4 Å². The van der Waals surface area contributed by atoms with Crippen LogP contribution in [0.3, 0.4) is 0 Å². The molecule has 0 saturated heterocycles. The summed E-state index contributed by atoms with van der Waals surface area (Å²) in [6.07, 6.45) is -1.33. The van der Waals surface area contributed by atoms with Crippen molar-refractivity contribution in [3.8, 4) is 0 Å². The molecule has 1 amide bonds. The van der Waals surface area contributed by atoms with Gasteiger partial charge in [-0.2, -0.15) is 4.98 Å². The fourth-order valence-electron chi connectivity index (χ4n) is 1.34. The number of nitrogens with one attached hydrogen (secondary N) is 3. The van der Waals surface area contributed by atoms with E-state index in [1.165, 1.54) is 12.1 Å². The van der Waals surface area contributed by atoms with Crippen molar-refractivity contribution >= 4 is 22.8 Å². The van der Waals surface area contributed by atoms with Crippen LogP contribution in [-0.2, 0) is 0 Å². The van der Waals surface area contributed by atoms with E-state index in [4.69, 9.17) is 5.11 Å². The number of amides is 1. The summed E-state index contributed by atoms with van der Waals surface area (Å²) in [5.41, 5.74) is 3.61. The smallest absolute Gasteiger partial charge is 0.423 e. The number of aromatic nitrogens is 2. The number of hydrogen-bond acceptors (Lipinski definition) is 4. The lowest BCUT2D eigenvalue weighted by Crippen LogP contribution is -2.29. The van der Waals surface area contributed by atoms with Gasteiger partial charge in [0.1, 0.15) is 5.82 Å². The Morgan fingerprint density at radius 2 is 2.24 bits per heavy atom. The molecule has 1 aromatic heterocycles. The first kappa shape index (κ1) is 10.9. The predicted octanol–water partition coefficient (Wildman–Crippen LogP) is 0.657. The molecule has 0 fully saturated rings. The summed E-state index contributed by atoms with van der Waals surface area (Å²) in [7, 11) is 0. The number of benzene rings is 1. The van der Waals surface area contributed by atoms with Gasteiger partial charge in [0.2, 0.25) is 0 Å². The van der Waals surface area contributed by atoms with Crippen molar-refractivity contribution in [2.24, 2.45) is 0 Å². The van der Waals surface area contributed by atoms with Crippen molar-refractivity contribution in [2.45, 2.75) is 0 Å².